The zero-order valence-corrected chi connectivity index (χ0v) is 12.8. The van der Waals surface area contributed by atoms with Gasteiger partial charge >= 0.3 is 5.97 Å². The van der Waals surface area contributed by atoms with Crippen molar-refractivity contribution in [2.24, 2.45) is 7.05 Å². The molecule has 0 aliphatic rings. The van der Waals surface area contributed by atoms with Crippen LogP contribution in [0.15, 0.2) is 36.7 Å². The standard InChI is InChI=1S/C16H17N3O4/c1-19-10-12(9-18-19)4-6-15(20)17-8-11-3-5-13(16(21)22)14(7-11)23-2/h3-7,9-10H,8H2,1-2H3,(H,17,20)(H,21,22). The highest BCUT2D eigenvalue weighted by atomic mass is 16.5. The number of rotatable bonds is 6. The number of aryl methyl sites for hydroxylation is 1. The molecule has 0 radical (unpaired) electrons. The summed E-state index contributed by atoms with van der Waals surface area (Å²) in [5.41, 5.74) is 1.66. The van der Waals surface area contributed by atoms with Crippen molar-refractivity contribution in [2.75, 3.05) is 7.11 Å². The molecular formula is C16H17N3O4. The number of methoxy groups -OCH3 is 1. The lowest BCUT2D eigenvalue weighted by Crippen LogP contribution is -2.20. The number of aromatic nitrogens is 2. The molecule has 1 heterocycles. The molecule has 0 saturated carbocycles. The average molecular weight is 315 g/mol. The minimum absolute atomic E-state index is 0.0825. The van der Waals surface area contributed by atoms with Crippen molar-refractivity contribution in [3.05, 3.63) is 53.4 Å². The summed E-state index contributed by atoms with van der Waals surface area (Å²) in [5.74, 6) is -1.05. The van der Waals surface area contributed by atoms with Gasteiger partial charge in [-0.2, -0.15) is 5.10 Å². The SMILES string of the molecule is COc1cc(CNC(=O)C=Cc2cnn(C)c2)ccc1C(=O)O. The van der Waals surface area contributed by atoms with E-state index < -0.39 is 5.97 Å². The van der Waals surface area contributed by atoms with Crippen LogP contribution >= 0.6 is 0 Å². The van der Waals surface area contributed by atoms with Gasteiger partial charge in [0, 0.05) is 31.4 Å². The Kier molecular flexibility index (Phi) is 5.14. The molecule has 0 fully saturated rings. The molecule has 0 aliphatic carbocycles. The van der Waals surface area contributed by atoms with Crippen molar-refractivity contribution < 1.29 is 19.4 Å². The molecule has 120 valence electrons. The third-order valence-corrected chi connectivity index (χ3v) is 3.12. The van der Waals surface area contributed by atoms with E-state index in [4.69, 9.17) is 9.84 Å². The number of amides is 1. The normalized spacial score (nSPS) is 10.7. The number of nitrogens with zero attached hydrogens (tertiary/aromatic N) is 2. The Bertz CT molecular complexity index is 750. The first-order valence-electron chi connectivity index (χ1n) is 6.84. The van der Waals surface area contributed by atoms with Crippen LogP contribution < -0.4 is 10.1 Å². The average Bonchev–Trinajstić information content (AvgIpc) is 2.95. The molecule has 0 spiro atoms. The highest BCUT2D eigenvalue weighted by molar-refractivity contribution is 5.92. The van der Waals surface area contributed by atoms with E-state index in [1.54, 1.807) is 42.3 Å². The largest absolute Gasteiger partial charge is 0.496 e. The quantitative estimate of drug-likeness (QED) is 0.787. The lowest BCUT2D eigenvalue weighted by Gasteiger charge is -2.08. The van der Waals surface area contributed by atoms with Crippen molar-refractivity contribution in [3.63, 3.8) is 0 Å². The summed E-state index contributed by atoms with van der Waals surface area (Å²) in [7, 11) is 3.20. The maximum absolute atomic E-state index is 11.8. The summed E-state index contributed by atoms with van der Waals surface area (Å²) in [5, 5.41) is 15.7. The number of carbonyl (C=O) groups is 2. The van der Waals surface area contributed by atoms with E-state index in [1.807, 2.05) is 0 Å². The van der Waals surface area contributed by atoms with Crippen LogP contribution in [0.3, 0.4) is 0 Å². The number of benzene rings is 1. The van der Waals surface area contributed by atoms with Gasteiger partial charge in [-0.1, -0.05) is 6.07 Å². The molecule has 2 N–H and O–H groups in total. The molecule has 23 heavy (non-hydrogen) atoms. The van der Waals surface area contributed by atoms with Crippen LogP contribution in [-0.4, -0.2) is 33.9 Å². The number of hydrogen-bond donors (Lipinski definition) is 2. The Labute approximate surface area is 133 Å². The first kappa shape index (κ1) is 16.3. The number of carbonyl (C=O) groups excluding carboxylic acids is 1. The smallest absolute Gasteiger partial charge is 0.339 e. The topological polar surface area (TPSA) is 93.5 Å². The van der Waals surface area contributed by atoms with Gasteiger partial charge in [0.05, 0.1) is 13.3 Å². The van der Waals surface area contributed by atoms with Gasteiger partial charge in [-0.25, -0.2) is 4.79 Å². The summed E-state index contributed by atoms with van der Waals surface area (Å²) in [4.78, 5) is 22.8. The van der Waals surface area contributed by atoms with Crippen molar-refractivity contribution >= 4 is 18.0 Å². The molecule has 7 heteroatoms. The monoisotopic (exact) mass is 315 g/mol. The molecule has 0 atom stereocenters. The van der Waals surface area contributed by atoms with Gasteiger partial charge in [0.25, 0.3) is 0 Å². The van der Waals surface area contributed by atoms with Crippen molar-refractivity contribution in [2.45, 2.75) is 6.54 Å². The zero-order valence-electron chi connectivity index (χ0n) is 12.8. The molecule has 1 aromatic carbocycles. The third kappa shape index (κ3) is 4.44. The minimum Gasteiger partial charge on any atom is -0.496 e. The predicted octanol–water partition coefficient (Wildman–Crippen LogP) is 1.46. The van der Waals surface area contributed by atoms with Crippen molar-refractivity contribution in [3.8, 4) is 5.75 Å². The van der Waals surface area contributed by atoms with Crippen LogP contribution in [0.25, 0.3) is 6.08 Å². The fraction of sp³-hybridized carbons (Fsp3) is 0.188. The zero-order chi connectivity index (χ0) is 16.8. The second-order valence-electron chi connectivity index (χ2n) is 4.84. The van der Waals surface area contributed by atoms with Crippen LogP contribution in [0.5, 0.6) is 5.75 Å². The molecule has 2 aromatic rings. The molecule has 1 amide bonds. The summed E-state index contributed by atoms with van der Waals surface area (Å²) in [6.45, 7) is 0.270. The summed E-state index contributed by atoms with van der Waals surface area (Å²) in [6.07, 6.45) is 6.52. The van der Waals surface area contributed by atoms with E-state index in [2.05, 4.69) is 10.4 Å². The highest BCUT2D eigenvalue weighted by Crippen LogP contribution is 2.20. The summed E-state index contributed by atoms with van der Waals surface area (Å²) >= 11 is 0. The lowest BCUT2D eigenvalue weighted by atomic mass is 10.1. The van der Waals surface area contributed by atoms with Crippen LogP contribution in [0.1, 0.15) is 21.5 Å². The number of carboxylic acid groups (broad SMARTS) is 1. The van der Waals surface area contributed by atoms with Crippen molar-refractivity contribution in [1.29, 1.82) is 0 Å². The van der Waals surface area contributed by atoms with E-state index in [0.29, 0.717) is 0 Å². The Balaban J connectivity index is 1.96. The molecule has 0 bridgehead atoms. The van der Waals surface area contributed by atoms with Crippen molar-refractivity contribution in [1.82, 2.24) is 15.1 Å². The Morgan fingerprint density at radius 3 is 2.83 bits per heavy atom. The van der Waals surface area contributed by atoms with Gasteiger partial charge in [-0.3, -0.25) is 9.48 Å². The number of ether oxygens (including phenoxy) is 1. The van der Waals surface area contributed by atoms with E-state index in [-0.39, 0.29) is 23.8 Å². The Hall–Kier alpha value is -3.09. The van der Waals surface area contributed by atoms with E-state index in [1.165, 1.54) is 19.3 Å². The van der Waals surface area contributed by atoms with E-state index >= 15 is 0 Å². The van der Waals surface area contributed by atoms with Gasteiger partial charge in [0.15, 0.2) is 0 Å². The first-order chi connectivity index (χ1) is 11.0. The van der Waals surface area contributed by atoms with Gasteiger partial charge < -0.3 is 15.2 Å². The molecule has 7 nitrogen and oxygen atoms in total. The number of carboxylic acids is 1. The minimum atomic E-state index is -1.06. The van der Waals surface area contributed by atoms with Gasteiger partial charge in [-0.05, 0) is 23.8 Å². The number of hydrogen-bond acceptors (Lipinski definition) is 4. The Morgan fingerprint density at radius 2 is 2.22 bits per heavy atom. The molecule has 2 rings (SSSR count). The molecular weight excluding hydrogens is 298 g/mol. The van der Waals surface area contributed by atoms with E-state index in [9.17, 15) is 9.59 Å². The molecule has 0 saturated heterocycles. The fourth-order valence-corrected chi connectivity index (χ4v) is 1.97. The van der Waals surface area contributed by atoms with Gasteiger partial charge in [-0.15, -0.1) is 0 Å². The van der Waals surface area contributed by atoms with Gasteiger partial charge in [0.2, 0.25) is 5.91 Å². The van der Waals surface area contributed by atoms with Crippen LogP contribution in [0.2, 0.25) is 0 Å². The lowest BCUT2D eigenvalue weighted by molar-refractivity contribution is -0.116. The summed E-state index contributed by atoms with van der Waals surface area (Å²) < 4.78 is 6.69. The fourth-order valence-electron chi connectivity index (χ4n) is 1.97. The maximum Gasteiger partial charge on any atom is 0.339 e. The van der Waals surface area contributed by atoms with Crippen LogP contribution in [0, 0.1) is 0 Å². The predicted molar refractivity (Wildman–Crippen MR) is 84.0 cm³/mol. The highest BCUT2D eigenvalue weighted by Gasteiger charge is 2.11. The first-order valence-corrected chi connectivity index (χ1v) is 6.84. The third-order valence-electron chi connectivity index (χ3n) is 3.12. The molecule has 0 aliphatic heterocycles. The van der Waals surface area contributed by atoms with Crippen LogP contribution in [-0.2, 0) is 18.4 Å². The number of aromatic carboxylic acids is 1. The molecule has 1 aromatic heterocycles. The van der Waals surface area contributed by atoms with E-state index in [0.717, 1.165) is 11.1 Å². The second-order valence-corrected chi connectivity index (χ2v) is 4.84. The number of nitrogens with one attached hydrogen (secondary N) is 1. The summed E-state index contributed by atoms with van der Waals surface area (Å²) in [6, 6.07) is 4.68. The Morgan fingerprint density at radius 1 is 1.43 bits per heavy atom. The second kappa shape index (κ2) is 7.26. The maximum atomic E-state index is 11.8. The molecule has 0 unspecified atom stereocenters. The van der Waals surface area contributed by atoms with Crippen LogP contribution in [0.4, 0.5) is 0 Å². The van der Waals surface area contributed by atoms with Gasteiger partial charge in [0.1, 0.15) is 11.3 Å².